The van der Waals surface area contributed by atoms with Crippen molar-refractivity contribution in [3.63, 3.8) is 0 Å². The Balaban J connectivity index is 1.73. The van der Waals surface area contributed by atoms with E-state index in [0.717, 1.165) is 24.2 Å². The number of halogens is 1. The summed E-state index contributed by atoms with van der Waals surface area (Å²) < 4.78 is 7.54. The molecule has 2 fully saturated rings. The molecule has 1 saturated heterocycles. The molecule has 21 heavy (non-hydrogen) atoms. The van der Waals surface area contributed by atoms with Crippen molar-refractivity contribution < 1.29 is 9.53 Å². The molecular formula is C15H22ClN3O2. The monoisotopic (exact) mass is 311 g/mol. The van der Waals surface area contributed by atoms with Crippen molar-refractivity contribution in [3.05, 3.63) is 16.4 Å². The predicted molar refractivity (Wildman–Crippen MR) is 80.4 cm³/mol. The first-order chi connectivity index (χ1) is 10.1. The van der Waals surface area contributed by atoms with E-state index in [1.165, 1.54) is 12.8 Å². The van der Waals surface area contributed by atoms with Crippen LogP contribution in [0.1, 0.15) is 37.1 Å². The van der Waals surface area contributed by atoms with E-state index in [4.69, 9.17) is 16.3 Å². The second-order valence-electron chi connectivity index (χ2n) is 5.99. The summed E-state index contributed by atoms with van der Waals surface area (Å²) in [7, 11) is 0. The smallest absolute Gasteiger partial charge is 0.244 e. The van der Waals surface area contributed by atoms with Gasteiger partial charge in [0.1, 0.15) is 6.54 Å². The third-order valence-corrected chi connectivity index (χ3v) is 5.18. The average Bonchev–Trinajstić information content (AvgIpc) is 2.74. The van der Waals surface area contributed by atoms with Crippen LogP contribution in [0.15, 0.2) is 0 Å². The molecule has 1 amide bonds. The summed E-state index contributed by atoms with van der Waals surface area (Å²) in [6.07, 6.45) is 4.73. The van der Waals surface area contributed by atoms with Crippen molar-refractivity contribution in [1.29, 1.82) is 0 Å². The molecule has 1 aromatic rings. The fourth-order valence-corrected chi connectivity index (χ4v) is 3.59. The maximum absolute atomic E-state index is 12.7. The molecule has 1 aliphatic heterocycles. The second-order valence-corrected chi connectivity index (χ2v) is 6.37. The third kappa shape index (κ3) is 2.81. The van der Waals surface area contributed by atoms with Crippen molar-refractivity contribution in [3.8, 4) is 0 Å². The van der Waals surface area contributed by atoms with Crippen LogP contribution in [0.3, 0.4) is 0 Å². The summed E-state index contributed by atoms with van der Waals surface area (Å²) in [5.41, 5.74) is 1.63. The number of amides is 1. The van der Waals surface area contributed by atoms with Crippen molar-refractivity contribution in [1.82, 2.24) is 14.7 Å². The van der Waals surface area contributed by atoms with Gasteiger partial charge in [0, 0.05) is 6.54 Å². The molecule has 1 aliphatic carbocycles. The molecule has 2 atom stereocenters. The summed E-state index contributed by atoms with van der Waals surface area (Å²) in [6.45, 7) is 5.36. The third-order valence-electron chi connectivity index (χ3n) is 4.63. The van der Waals surface area contributed by atoms with Crippen LogP contribution in [0.2, 0.25) is 5.02 Å². The van der Waals surface area contributed by atoms with Crippen molar-refractivity contribution in [2.45, 2.75) is 58.2 Å². The lowest BCUT2D eigenvalue weighted by molar-refractivity contribution is -0.150. The highest BCUT2D eigenvalue weighted by molar-refractivity contribution is 6.31. The standard InChI is InChI=1S/C15H22ClN3O2/c1-10-15(16)11(2)19(17-10)9-14(20)18-7-8-21-13-6-4-3-5-12(13)18/h12-13H,3-9H2,1-2H3/t12-,13-/m0/s1. The van der Waals surface area contributed by atoms with Gasteiger partial charge in [-0.2, -0.15) is 5.10 Å². The zero-order valence-corrected chi connectivity index (χ0v) is 13.4. The van der Waals surface area contributed by atoms with Gasteiger partial charge in [-0.3, -0.25) is 9.48 Å². The average molecular weight is 312 g/mol. The number of nitrogens with zero attached hydrogens (tertiary/aromatic N) is 3. The second kappa shape index (κ2) is 5.97. The first-order valence-electron chi connectivity index (χ1n) is 7.68. The molecule has 0 N–H and O–H groups in total. The number of aryl methyl sites for hydroxylation is 1. The van der Waals surface area contributed by atoms with E-state index in [1.54, 1.807) is 4.68 Å². The lowest BCUT2D eigenvalue weighted by atomic mass is 9.90. The van der Waals surface area contributed by atoms with Gasteiger partial charge in [-0.15, -0.1) is 0 Å². The van der Waals surface area contributed by atoms with Crippen LogP contribution in [0.4, 0.5) is 0 Å². The zero-order chi connectivity index (χ0) is 15.0. The minimum Gasteiger partial charge on any atom is -0.374 e. The lowest BCUT2D eigenvalue weighted by Gasteiger charge is -2.43. The Bertz CT molecular complexity index is 541. The number of fused-ring (bicyclic) bond motifs is 1. The van der Waals surface area contributed by atoms with E-state index in [-0.39, 0.29) is 24.6 Å². The Kier molecular flexibility index (Phi) is 4.22. The van der Waals surface area contributed by atoms with Crippen LogP contribution >= 0.6 is 11.6 Å². The highest BCUT2D eigenvalue weighted by Crippen LogP contribution is 2.29. The fourth-order valence-electron chi connectivity index (χ4n) is 3.45. The number of aromatic nitrogens is 2. The summed E-state index contributed by atoms with van der Waals surface area (Å²) >= 11 is 6.15. The van der Waals surface area contributed by atoms with Crippen LogP contribution in [-0.4, -0.2) is 45.9 Å². The summed E-state index contributed by atoms with van der Waals surface area (Å²) in [6, 6.07) is 0.243. The molecule has 0 radical (unpaired) electrons. The van der Waals surface area contributed by atoms with Crippen LogP contribution in [0.25, 0.3) is 0 Å². The Morgan fingerprint density at radius 3 is 2.86 bits per heavy atom. The van der Waals surface area contributed by atoms with Crippen molar-refractivity contribution in [2.24, 2.45) is 0 Å². The molecule has 2 aliphatic rings. The van der Waals surface area contributed by atoms with Crippen molar-refractivity contribution in [2.75, 3.05) is 13.2 Å². The van der Waals surface area contributed by atoms with Crippen LogP contribution in [0, 0.1) is 13.8 Å². The molecule has 5 nitrogen and oxygen atoms in total. The van der Waals surface area contributed by atoms with Crippen LogP contribution in [-0.2, 0) is 16.1 Å². The minimum absolute atomic E-state index is 0.123. The Morgan fingerprint density at radius 2 is 2.14 bits per heavy atom. The molecule has 6 heteroatoms. The molecule has 116 valence electrons. The summed E-state index contributed by atoms with van der Waals surface area (Å²) in [5, 5.41) is 5.01. The zero-order valence-electron chi connectivity index (χ0n) is 12.6. The van der Waals surface area contributed by atoms with E-state index < -0.39 is 0 Å². The highest BCUT2D eigenvalue weighted by Gasteiger charge is 2.36. The van der Waals surface area contributed by atoms with Gasteiger partial charge >= 0.3 is 0 Å². The number of rotatable bonds is 2. The molecule has 3 rings (SSSR count). The van der Waals surface area contributed by atoms with Gasteiger partial charge in [-0.05, 0) is 26.7 Å². The molecule has 0 spiro atoms. The number of hydrogen-bond donors (Lipinski definition) is 0. The molecule has 0 aromatic carbocycles. The first-order valence-corrected chi connectivity index (χ1v) is 8.06. The van der Waals surface area contributed by atoms with Crippen LogP contribution < -0.4 is 0 Å². The topological polar surface area (TPSA) is 47.4 Å². The van der Waals surface area contributed by atoms with Crippen molar-refractivity contribution >= 4 is 17.5 Å². The van der Waals surface area contributed by atoms with E-state index in [0.29, 0.717) is 18.2 Å². The van der Waals surface area contributed by atoms with Gasteiger partial charge in [0.25, 0.3) is 0 Å². The maximum atomic E-state index is 12.7. The predicted octanol–water partition coefficient (Wildman–Crippen LogP) is 2.32. The molecule has 1 saturated carbocycles. The fraction of sp³-hybridized carbons (Fsp3) is 0.733. The normalized spacial score (nSPS) is 25.8. The molecular weight excluding hydrogens is 290 g/mol. The number of morpholine rings is 1. The summed E-state index contributed by atoms with van der Waals surface area (Å²) in [4.78, 5) is 14.7. The Hall–Kier alpha value is -1.07. The molecule has 1 aromatic heterocycles. The van der Waals surface area contributed by atoms with E-state index in [9.17, 15) is 4.79 Å². The maximum Gasteiger partial charge on any atom is 0.244 e. The number of carbonyl (C=O) groups is 1. The minimum atomic E-state index is 0.123. The molecule has 2 heterocycles. The highest BCUT2D eigenvalue weighted by atomic mass is 35.5. The van der Waals surface area contributed by atoms with Crippen LogP contribution in [0.5, 0.6) is 0 Å². The Labute approximate surface area is 130 Å². The quantitative estimate of drug-likeness (QED) is 0.842. The summed E-state index contributed by atoms with van der Waals surface area (Å²) in [5.74, 6) is 0.123. The van der Waals surface area contributed by atoms with Gasteiger partial charge < -0.3 is 9.64 Å². The molecule has 0 unspecified atom stereocenters. The Morgan fingerprint density at radius 1 is 1.38 bits per heavy atom. The van der Waals surface area contributed by atoms with E-state index in [1.807, 2.05) is 18.7 Å². The number of ether oxygens (including phenoxy) is 1. The number of hydrogen-bond acceptors (Lipinski definition) is 3. The van der Waals surface area contributed by atoms with E-state index >= 15 is 0 Å². The number of carbonyl (C=O) groups excluding carboxylic acids is 1. The van der Waals surface area contributed by atoms with Gasteiger partial charge in [0.15, 0.2) is 0 Å². The first kappa shape index (κ1) is 14.9. The molecule has 0 bridgehead atoms. The van der Waals surface area contributed by atoms with Gasteiger partial charge in [0.05, 0.1) is 35.2 Å². The van der Waals surface area contributed by atoms with Gasteiger partial charge in [0.2, 0.25) is 5.91 Å². The SMILES string of the molecule is Cc1nn(CC(=O)N2CCO[C@H]3CCCC[C@@H]32)c(C)c1Cl. The largest absolute Gasteiger partial charge is 0.374 e. The lowest BCUT2D eigenvalue weighted by Crippen LogP contribution is -2.55. The van der Waals surface area contributed by atoms with Gasteiger partial charge in [-0.25, -0.2) is 0 Å². The van der Waals surface area contributed by atoms with E-state index in [2.05, 4.69) is 5.10 Å². The van der Waals surface area contributed by atoms with Gasteiger partial charge in [-0.1, -0.05) is 24.4 Å².